The number of carboxylic acids is 1. The van der Waals surface area contributed by atoms with Gasteiger partial charge < -0.3 is 20.1 Å². The molecule has 2 atom stereocenters. The molecule has 2 amide bonds. The summed E-state index contributed by atoms with van der Waals surface area (Å²) in [5.74, 6) is -4.33. The van der Waals surface area contributed by atoms with Gasteiger partial charge in [-0.3, -0.25) is 4.79 Å². The van der Waals surface area contributed by atoms with E-state index in [2.05, 4.69) is 5.32 Å². The number of aliphatic carboxylic acids is 1. The number of para-hydroxylation sites is 1. The molecule has 1 aliphatic heterocycles. The third-order valence-corrected chi connectivity index (χ3v) is 4.41. The summed E-state index contributed by atoms with van der Waals surface area (Å²) in [5.41, 5.74) is 0.320. The van der Waals surface area contributed by atoms with Crippen LogP contribution < -0.4 is 10.1 Å². The zero-order valence-corrected chi connectivity index (χ0v) is 14.5. The smallest absolute Gasteiger partial charge is 0.394 e. The lowest BCUT2D eigenvalue weighted by atomic mass is 9.96. The molecular weight excluding hydrogens is 377 g/mol. The Kier molecular flexibility index (Phi) is 5.43. The van der Waals surface area contributed by atoms with Crippen molar-refractivity contribution in [2.24, 2.45) is 11.8 Å². The molecule has 0 unspecified atom stereocenters. The molecule has 1 aliphatic rings. The van der Waals surface area contributed by atoms with Gasteiger partial charge in [0.2, 0.25) is 0 Å². The predicted molar refractivity (Wildman–Crippen MR) is 94.2 cm³/mol. The van der Waals surface area contributed by atoms with Crippen LogP contribution in [0.1, 0.15) is 0 Å². The van der Waals surface area contributed by atoms with Crippen molar-refractivity contribution in [1.82, 2.24) is 4.90 Å². The first kappa shape index (κ1) is 19.5. The van der Waals surface area contributed by atoms with E-state index in [9.17, 15) is 22.8 Å². The van der Waals surface area contributed by atoms with Gasteiger partial charge in [-0.05, 0) is 24.3 Å². The van der Waals surface area contributed by atoms with Gasteiger partial charge >= 0.3 is 18.2 Å². The molecule has 0 radical (unpaired) electrons. The predicted octanol–water partition coefficient (Wildman–Crippen LogP) is 4.21. The normalized spacial score (nSPS) is 19.3. The molecule has 0 aliphatic carbocycles. The Morgan fingerprint density at radius 3 is 2.32 bits per heavy atom. The highest BCUT2D eigenvalue weighted by Gasteiger charge is 2.53. The average Bonchev–Trinajstić information content (AvgIpc) is 3.09. The van der Waals surface area contributed by atoms with Crippen LogP contribution in [-0.2, 0) is 4.79 Å². The number of benzene rings is 2. The number of amides is 2. The van der Waals surface area contributed by atoms with Crippen molar-refractivity contribution in [3.8, 4) is 11.5 Å². The number of alkyl halides is 3. The van der Waals surface area contributed by atoms with E-state index in [0.29, 0.717) is 17.2 Å². The van der Waals surface area contributed by atoms with Crippen LogP contribution in [0.2, 0.25) is 0 Å². The average molecular weight is 394 g/mol. The summed E-state index contributed by atoms with van der Waals surface area (Å²) in [6.45, 7) is -1.21. The highest BCUT2D eigenvalue weighted by Crippen LogP contribution is 2.38. The number of carbonyl (C=O) groups excluding carboxylic acids is 1. The molecule has 2 aromatic rings. The summed E-state index contributed by atoms with van der Waals surface area (Å²) in [5, 5.41) is 11.5. The van der Waals surface area contributed by atoms with Gasteiger partial charge in [0.05, 0.1) is 11.8 Å². The number of hydrogen-bond donors (Lipinski definition) is 2. The van der Waals surface area contributed by atoms with Crippen LogP contribution in [0.3, 0.4) is 0 Å². The molecule has 6 nitrogen and oxygen atoms in total. The number of hydrogen-bond acceptors (Lipinski definition) is 3. The molecule has 28 heavy (non-hydrogen) atoms. The number of ether oxygens (including phenoxy) is 1. The molecule has 9 heteroatoms. The number of nitrogens with zero attached hydrogens (tertiary/aromatic N) is 1. The molecule has 0 bridgehead atoms. The van der Waals surface area contributed by atoms with Crippen LogP contribution in [0.5, 0.6) is 11.5 Å². The Bertz CT molecular complexity index is 858. The summed E-state index contributed by atoms with van der Waals surface area (Å²) in [7, 11) is 0. The summed E-state index contributed by atoms with van der Waals surface area (Å²) < 4.78 is 44.8. The largest absolute Gasteiger partial charge is 0.481 e. The highest BCUT2D eigenvalue weighted by atomic mass is 19.4. The van der Waals surface area contributed by atoms with Crippen LogP contribution >= 0.6 is 0 Å². The number of rotatable bonds is 4. The fraction of sp³-hybridized carbons (Fsp3) is 0.263. The van der Waals surface area contributed by atoms with E-state index in [4.69, 9.17) is 9.84 Å². The minimum atomic E-state index is -4.69. The fourth-order valence-corrected chi connectivity index (χ4v) is 3.02. The molecule has 2 N–H and O–H groups in total. The third-order valence-electron chi connectivity index (χ3n) is 4.41. The van der Waals surface area contributed by atoms with Crippen molar-refractivity contribution >= 4 is 17.7 Å². The number of likely N-dealkylation sites (tertiary alicyclic amines) is 1. The first-order valence-electron chi connectivity index (χ1n) is 8.42. The number of anilines is 1. The van der Waals surface area contributed by atoms with Crippen LogP contribution in [0.4, 0.5) is 23.7 Å². The topological polar surface area (TPSA) is 78.9 Å². The number of urea groups is 1. The van der Waals surface area contributed by atoms with Crippen LogP contribution in [0.15, 0.2) is 54.6 Å². The van der Waals surface area contributed by atoms with Gasteiger partial charge in [-0.15, -0.1) is 0 Å². The van der Waals surface area contributed by atoms with E-state index in [-0.39, 0.29) is 0 Å². The maximum atomic E-state index is 13.1. The summed E-state index contributed by atoms with van der Waals surface area (Å²) >= 11 is 0. The van der Waals surface area contributed by atoms with E-state index in [1.807, 2.05) is 6.07 Å². The zero-order chi connectivity index (χ0) is 20.3. The van der Waals surface area contributed by atoms with Crippen molar-refractivity contribution in [2.45, 2.75) is 6.18 Å². The van der Waals surface area contributed by atoms with E-state index in [1.54, 1.807) is 42.5 Å². The molecule has 3 rings (SSSR count). The molecular formula is C19H17F3N2O4. The second-order valence-electron chi connectivity index (χ2n) is 6.37. The lowest BCUT2D eigenvalue weighted by Gasteiger charge is -2.19. The number of carbonyl (C=O) groups is 2. The summed E-state index contributed by atoms with van der Waals surface area (Å²) in [6.07, 6.45) is -4.69. The number of halogens is 3. The lowest BCUT2D eigenvalue weighted by Crippen LogP contribution is -2.35. The SMILES string of the molecule is O=C(O)[C@@H]1CN(C(=O)Nc2cccc(Oc3ccccc3)c2)C[C@H]1C(F)(F)F. The third kappa shape index (κ3) is 4.54. The van der Waals surface area contributed by atoms with Gasteiger partial charge in [-0.25, -0.2) is 4.79 Å². The highest BCUT2D eigenvalue weighted by molar-refractivity contribution is 5.90. The van der Waals surface area contributed by atoms with Gasteiger partial charge in [0.15, 0.2) is 0 Å². The number of nitrogens with one attached hydrogen (secondary N) is 1. The summed E-state index contributed by atoms with van der Waals surface area (Å²) in [6, 6.07) is 14.5. The zero-order valence-electron chi connectivity index (χ0n) is 14.5. The van der Waals surface area contributed by atoms with Crippen molar-refractivity contribution in [3.05, 3.63) is 54.6 Å². The molecule has 0 spiro atoms. The van der Waals surface area contributed by atoms with Gasteiger partial charge in [0.25, 0.3) is 0 Å². The lowest BCUT2D eigenvalue weighted by molar-refractivity contribution is -0.187. The molecule has 1 saturated heterocycles. The Labute approximate surface area is 158 Å². The Morgan fingerprint density at radius 2 is 1.71 bits per heavy atom. The van der Waals surface area contributed by atoms with Crippen molar-refractivity contribution in [1.29, 1.82) is 0 Å². The molecule has 2 aromatic carbocycles. The van der Waals surface area contributed by atoms with E-state index in [1.165, 1.54) is 6.07 Å². The van der Waals surface area contributed by atoms with Crippen molar-refractivity contribution < 1.29 is 32.6 Å². The Morgan fingerprint density at radius 1 is 1.04 bits per heavy atom. The van der Waals surface area contributed by atoms with Crippen LogP contribution in [0.25, 0.3) is 0 Å². The second kappa shape index (κ2) is 7.79. The van der Waals surface area contributed by atoms with Crippen LogP contribution in [0, 0.1) is 11.8 Å². The summed E-state index contributed by atoms with van der Waals surface area (Å²) in [4.78, 5) is 24.3. The molecule has 0 aromatic heterocycles. The maximum Gasteiger partial charge on any atom is 0.394 e. The monoisotopic (exact) mass is 394 g/mol. The molecule has 1 fully saturated rings. The first-order chi connectivity index (χ1) is 13.2. The van der Waals surface area contributed by atoms with E-state index in [0.717, 1.165) is 4.90 Å². The van der Waals surface area contributed by atoms with Gasteiger partial charge in [0, 0.05) is 24.8 Å². The van der Waals surface area contributed by atoms with E-state index < -0.39 is 43.1 Å². The molecule has 0 saturated carbocycles. The van der Waals surface area contributed by atoms with Crippen molar-refractivity contribution in [3.63, 3.8) is 0 Å². The Balaban J connectivity index is 1.68. The van der Waals surface area contributed by atoms with Gasteiger partial charge in [-0.1, -0.05) is 24.3 Å². The minimum absolute atomic E-state index is 0.320. The fourth-order valence-electron chi connectivity index (χ4n) is 3.02. The number of carboxylic acid groups (broad SMARTS) is 1. The first-order valence-corrected chi connectivity index (χ1v) is 8.42. The van der Waals surface area contributed by atoms with Gasteiger partial charge in [-0.2, -0.15) is 13.2 Å². The molecule has 148 valence electrons. The quantitative estimate of drug-likeness (QED) is 0.815. The van der Waals surface area contributed by atoms with Gasteiger partial charge in [0.1, 0.15) is 11.5 Å². The maximum absolute atomic E-state index is 13.1. The molecule has 1 heterocycles. The second-order valence-corrected chi connectivity index (χ2v) is 6.37. The Hall–Kier alpha value is -3.23. The standard InChI is InChI=1S/C19H17F3N2O4/c20-19(21,22)16-11-24(10-15(16)17(25)26)18(27)23-12-5-4-8-14(9-12)28-13-6-2-1-3-7-13/h1-9,15-16H,10-11H2,(H,23,27)(H,25,26)/t15-,16-/m1/s1. The van der Waals surface area contributed by atoms with Crippen molar-refractivity contribution in [2.75, 3.05) is 18.4 Å². The van der Waals surface area contributed by atoms with E-state index >= 15 is 0 Å². The minimum Gasteiger partial charge on any atom is -0.481 e. The van der Waals surface area contributed by atoms with Crippen LogP contribution in [-0.4, -0.2) is 41.3 Å².